The fourth-order valence-corrected chi connectivity index (χ4v) is 20.7. The molecule has 2 aromatic rings. The van der Waals surface area contributed by atoms with E-state index in [-0.39, 0.29) is 79.5 Å². The van der Waals surface area contributed by atoms with Crippen molar-refractivity contribution < 1.29 is 38.4 Å². The highest BCUT2D eigenvalue weighted by Gasteiger charge is 2.65. The van der Waals surface area contributed by atoms with Crippen molar-refractivity contribution in [3.05, 3.63) is 48.5 Å². The van der Waals surface area contributed by atoms with Crippen LogP contribution in [0.15, 0.2) is 58.3 Å². The lowest BCUT2D eigenvalue weighted by Crippen LogP contribution is -2.58. The van der Waals surface area contributed by atoms with Crippen LogP contribution in [0.5, 0.6) is 0 Å². The Kier molecular flexibility index (Phi) is 14.1. The fraction of sp³-hybridized carbons (Fsp3) is 0.767. The van der Waals surface area contributed by atoms with Crippen molar-refractivity contribution in [3.8, 4) is 0 Å². The van der Waals surface area contributed by atoms with Crippen LogP contribution >= 0.6 is 0 Å². The van der Waals surface area contributed by atoms with E-state index in [9.17, 15) is 38.4 Å². The lowest BCUT2D eigenvalue weighted by atomic mass is 9.43. The van der Waals surface area contributed by atoms with Crippen LogP contribution in [0, 0.1) is 92.7 Å². The summed E-state index contributed by atoms with van der Waals surface area (Å²) in [5.74, 6) is 5.39. The summed E-state index contributed by atoms with van der Waals surface area (Å²) in [6.07, 6.45) is 17.7. The summed E-state index contributed by atoms with van der Waals surface area (Å²) in [7, 11) is -3.86. The summed E-state index contributed by atoms with van der Waals surface area (Å²) >= 11 is 0. The topological polar surface area (TPSA) is 173 Å². The van der Waals surface area contributed by atoms with Gasteiger partial charge in [-0.25, -0.2) is 8.42 Å². The molecule has 20 atom stereocenters. The molecule has 0 aromatic heterocycles. The minimum Gasteiger partial charge on any atom is -0.393 e. The predicted octanol–water partition coefficient (Wildman–Crippen LogP) is 11.2. The van der Waals surface area contributed by atoms with E-state index in [0.29, 0.717) is 83.4 Å². The summed E-state index contributed by atoms with van der Waals surface area (Å²) in [6, 6.07) is 12.6. The molecule has 8 fully saturated rings. The molecule has 10 rings (SSSR count). The lowest BCUT2D eigenvalue weighted by Gasteiger charge is -2.62. The molecule has 20 unspecified atom stereocenters. The first kappa shape index (κ1) is 51.6. The van der Waals surface area contributed by atoms with Gasteiger partial charge in [0.15, 0.2) is 0 Å². The van der Waals surface area contributed by atoms with Crippen molar-refractivity contribution in [1.29, 1.82) is 0 Å². The van der Waals surface area contributed by atoms with E-state index in [0.717, 1.165) is 89.9 Å². The van der Waals surface area contributed by atoms with E-state index in [1.54, 1.807) is 24.3 Å². The van der Waals surface area contributed by atoms with Gasteiger partial charge in [0.25, 0.3) is 0 Å². The number of sulfone groups is 1. The molecule has 8 saturated carbocycles. The Balaban J connectivity index is 0.683. The van der Waals surface area contributed by atoms with Crippen molar-refractivity contribution in [1.82, 2.24) is 0 Å². The number of nitrogens with one attached hydrogen (secondary N) is 2. The lowest BCUT2D eigenvalue weighted by molar-refractivity contribution is -0.175. The van der Waals surface area contributed by atoms with Crippen LogP contribution in [0.25, 0.3) is 0 Å². The van der Waals surface area contributed by atoms with Gasteiger partial charge in [0.1, 0.15) is 0 Å². The molecule has 392 valence electrons. The van der Waals surface area contributed by atoms with Crippen LogP contribution in [0.4, 0.5) is 11.4 Å². The molecule has 71 heavy (non-hydrogen) atoms. The number of hydrogen-bond acceptors (Lipinski definition) is 8. The number of aliphatic hydroxyl groups is 4. The van der Waals surface area contributed by atoms with E-state index in [1.807, 2.05) is 0 Å². The predicted molar refractivity (Wildman–Crippen MR) is 278 cm³/mol. The van der Waals surface area contributed by atoms with Gasteiger partial charge < -0.3 is 31.1 Å². The average Bonchev–Trinajstić information content (AvgIpc) is 3.90. The summed E-state index contributed by atoms with van der Waals surface area (Å²) < 4.78 is 27.4. The molecule has 8 aliphatic rings. The van der Waals surface area contributed by atoms with Gasteiger partial charge in [-0.3, -0.25) is 9.59 Å². The molecule has 0 spiro atoms. The zero-order valence-corrected chi connectivity index (χ0v) is 44.6. The minimum absolute atomic E-state index is 0.106. The standard InChI is InChI=1S/C60H88N2O8S/c1-35(47-21-23-49-45-19-9-37-31-41(63)27-29-57(37,3)51(45)33-53(65)59(47,49)5)7-25-55(67)61-39-11-15-43(16-12-39)71(69,70)44-17-13-40(14-18-44)62-56(68)26-8-36(2)48-22-24-50-46-20-10-38-32-42(64)28-30-58(38,4)52(46)34-54(66)60(48,50)6/h11-18,35-38,41-42,45-54,63-66H,7-10,19-34H2,1-6H3,(H,61,67)(H,62,68). The van der Waals surface area contributed by atoms with Gasteiger partial charge in [0.05, 0.1) is 34.2 Å². The van der Waals surface area contributed by atoms with Gasteiger partial charge >= 0.3 is 0 Å². The van der Waals surface area contributed by atoms with Gasteiger partial charge in [0.2, 0.25) is 21.7 Å². The molecule has 8 aliphatic carbocycles. The van der Waals surface area contributed by atoms with Crippen molar-refractivity contribution in [2.75, 3.05) is 10.6 Å². The number of carbonyl (C=O) groups is 2. The Labute approximate surface area is 425 Å². The number of anilines is 2. The van der Waals surface area contributed by atoms with E-state index in [1.165, 1.54) is 49.9 Å². The van der Waals surface area contributed by atoms with E-state index in [4.69, 9.17) is 0 Å². The maximum Gasteiger partial charge on any atom is 0.224 e. The Bertz CT molecular complexity index is 2220. The maximum atomic E-state index is 13.7. The molecular formula is C60H88N2O8S. The second kappa shape index (κ2) is 19.4. The minimum atomic E-state index is -3.86. The van der Waals surface area contributed by atoms with Crippen LogP contribution in [0.3, 0.4) is 0 Å². The first-order chi connectivity index (χ1) is 33.7. The smallest absolute Gasteiger partial charge is 0.224 e. The number of aliphatic hydroxyl groups excluding tert-OH is 4. The second-order valence-electron chi connectivity index (χ2n) is 26.5. The number of rotatable bonds is 12. The summed E-state index contributed by atoms with van der Waals surface area (Å²) in [5.41, 5.74) is 1.17. The Morgan fingerprint density at radius 2 is 0.915 bits per heavy atom. The van der Waals surface area contributed by atoms with Crippen LogP contribution in [0.1, 0.15) is 170 Å². The first-order valence-electron chi connectivity index (χ1n) is 28.4. The quantitative estimate of drug-likeness (QED) is 0.122. The van der Waals surface area contributed by atoms with Crippen molar-refractivity contribution in [2.45, 2.75) is 204 Å². The highest BCUT2D eigenvalue weighted by Crippen LogP contribution is 2.70. The molecule has 0 aliphatic heterocycles. The molecule has 0 saturated heterocycles. The van der Waals surface area contributed by atoms with E-state index in [2.05, 4.69) is 52.2 Å². The third-order valence-electron chi connectivity index (χ3n) is 23.6. The van der Waals surface area contributed by atoms with Crippen LogP contribution in [-0.4, -0.2) is 65.1 Å². The molecule has 6 N–H and O–H groups in total. The number of benzene rings is 2. The highest BCUT2D eigenvalue weighted by atomic mass is 32.2. The van der Waals surface area contributed by atoms with Crippen molar-refractivity contribution >= 4 is 33.0 Å². The zero-order chi connectivity index (χ0) is 50.4. The fourth-order valence-electron chi connectivity index (χ4n) is 19.5. The Morgan fingerprint density at radius 3 is 1.30 bits per heavy atom. The van der Waals surface area contributed by atoms with Crippen LogP contribution in [-0.2, 0) is 19.4 Å². The van der Waals surface area contributed by atoms with Gasteiger partial charge in [-0.05, 0) is 257 Å². The van der Waals surface area contributed by atoms with Crippen LogP contribution in [0.2, 0.25) is 0 Å². The third kappa shape index (κ3) is 8.89. The van der Waals surface area contributed by atoms with Gasteiger partial charge in [0, 0.05) is 24.2 Å². The van der Waals surface area contributed by atoms with Crippen LogP contribution < -0.4 is 10.6 Å². The number of hydrogen-bond donors (Lipinski definition) is 6. The third-order valence-corrected chi connectivity index (χ3v) is 25.3. The van der Waals surface area contributed by atoms with E-state index >= 15 is 0 Å². The van der Waals surface area contributed by atoms with E-state index < -0.39 is 9.84 Å². The number of carbonyl (C=O) groups excluding carboxylic acids is 2. The Hall–Kier alpha value is -2.83. The Morgan fingerprint density at radius 1 is 0.535 bits per heavy atom. The van der Waals surface area contributed by atoms with Crippen molar-refractivity contribution in [3.63, 3.8) is 0 Å². The monoisotopic (exact) mass is 997 g/mol. The molecule has 2 aromatic carbocycles. The van der Waals surface area contributed by atoms with Crippen molar-refractivity contribution in [2.24, 2.45) is 92.7 Å². The average molecular weight is 997 g/mol. The molecule has 2 amide bonds. The largest absolute Gasteiger partial charge is 0.393 e. The normalized spacial score (nSPS) is 43.6. The molecule has 0 heterocycles. The number of fused-ring (bicyclic) bond motifs is 10. The zero-order valence-electron chi connectivity index (χ0n) is 43.8. The SMILES string of the molecule is CC(CCC(=O)Nc1ccc(S(=O)(=O)c2ccc(NC(=O)CCC(C)C3CCC4C5CCC6CC(O)CCC6(C)C5CC(O)C34C)cc2)cc1)C1CCC2C3CCC4CC(O)CCC4(C)C3CC(O)C12C. The summed E-state index contributed by atoms with van der Waals surface area (Å²) in [4.78, 5) is 26.9. The molecular weight excluding hydrogens is 909 g/mol. The second-order valence-corrected chi connectivity index (χ2v) is 28.4. The van der Waals surface area contributed by atoms with Gasteiger partial charge in [-0.2, -0.15) is 0 Å². The molecule has 0 bridgehead atoms. The van der Waals surface area contributed by atoms with Gasteiger partial charge in [-0.1, -0.05) is 41.5 Å². The molecule has 11 heteroatoms. The van der Waals surface area contributed by atoms with Gasteiger partial charge in [-0.15, -0.1) is 0 Å². The maximum absolute atomic E-state index is 13.7. The summed E-state index contributed by atoms with van der Waals surface area (Å²) in [6.45, 7) is 14.1. The molecule has 0 radical (unpaired) electrons. The number of amides is 2. The summed E-state index contributed by atoms with van der Waals surface area (Å²) in [5, 5.41) is 50.8. The molecule has 10 nitrogen and oxygen atoms in total. The highest BCUT2D eigenvalue weighted by molar-refractivity contribution is 7.91. The first-order valence-corrected chi connectivity index (χ1v) is 29.9.